The average molecular weight is 277 g/mol. The van der Waals surface area contributed by atoms with Crippen LogP contribution in [0.2, 0.25) is 0 Å². The second-order valence-corrected chi connectivity index (χ2v) is 4.76. The van der Waals surface area contributed by atoms with E-state index in [9.17, 15) is 0 Å². The van der Waals surface area contributed by atoms with Crippen LogP contribution in [0.3, 0.4) is 0 Å². The summed E-state index contributed by atoms with van der Waals surface area (Å²) in [4.78, 5) is 5.63. The number of nitriles is 1. The van der Waals surface area contributed by atoms with Crippen LogP contribution in [0.15, 0.2) is 48.7 Å². The number of hydrogen-bond acceptors (Lipinski definition) is 3. The van der Waals surface area contributed by atoms with Crippen LogP contribution < -0.4 is 10.6 Å². The van der Waals surface area contributed by atoms with Crippen LogP contribution in [-0.4, -0.2) is 11.3 Å². The average Bonchev–Trinajstić information content (AvgIpc) is 2.86. The first-order valence-corrected chi connectivity index (χ1v) is 6.77. The number of nitrogens with two attached hydrogens (primary N) is 1. The van der Waals surface area contributed by atoms with E-state index in [1.54, 1.807) is 10.8 Å². The third kappa shape index (κ3) is 2.30. The van der Waals surface area contributed by atoms with Gasteiger partial charge in [-0.3, -0.25) is 0 Å². The van der Waals surface area contributed by atoms with E-state index in [4.69, 9.17) is 15.8 Å². The van der Waals surface area contributed by atoms with Gasteiger partial charge in [0.15, 0.2) is 0 Å². The summed E-state index contributed by atoms with van der Waals surface area (Å²) < 4.78 is 1.75. The van der Waals surface area contributed by atoms with Crippen molar-refractivity contribution in [2.75, 3.05) is 12.3 Å². The molecule has 0 unspecified atom stereocenters. The van der Waals surface area contributed by atoms with Crippen LogP contribution in [0, 0.1) is 11.3 Å². The Morgan fingerprint density at radius 1 is 1.24 bits per heavy atom. The first-order chi connectivity index (χ1) is 10.2. The minimum absolute atomic E-state index is 0.570. The van der Waals surface area contributed by atoms with Gasteiger partial charge < -0.3 is 10.6 Å². The van der Waals surface area contributed by atoms with Gasteiger partial charge in [-0.15, -0.1) is 0 Å². The molecule has 0 saturated heterocycles. The third-order valence-electron chi connectivity index (χ3n) is 3.37. The van der Waals surface area contributed by atoms with Gasteiger partial charge in [0.25, 0.3) is 0 Å². The standard InChI is InChI=1S/C17H15N3O/c1-2-21-20-11-16(13-4-3-5-14(19)9-13)15-8-12(10-18)6-7-17(15)20/h3-9,11H,2,19H2,1H3. The number of nitrogen functional groups attached to an aromatic ring is 1. The molecule has 0 atom stereocenters. The van der Waals surface area contributed by atoms with Crippen LogP contribution in [0.5, 0.6) is 0 Å². The molecule has 1 heterocycles. The molecule has 4 nitrogen and oxygen atoms in total. The second kappa shape index (κ2) is 5.22. The molecule has 0 saturated carbocycles. The summed E-state index contributed by atoms with van der Waals surface area (Å²) in [7, 11) is 0. The lowest BCUT2D eigenvalue weighted by molar-refractivity contribution is 0.132. The minimum atomic E-state index is 0.570. The zero-order chi connectivity index (χ0) is 14.8. The highest BCUT2D eigenvalue weighted by atomic mass is 16.7. The maximum atomic E-state index is 9.10. The van der Waals surface area contributed by atoms with E-state index in [1.807, 2.05) is 49.5 Å². The van der Waals surface area contributed by atoms with E-state index in [0.717, 1.165) is 22.0 Å². The van der Waals surface area contributed by atoms with Crippen molar-refractivity contribution in [3.63, 3.8) is 0 Å². The Morgan fingerprint density at radius 3 is 2.81 bits per heavy atom. The highest BCUT2D eigenvalue weighted by Crippen LogP contribution is 2.31. The molecule has 1 aromatic heterocycles. The predicted octanol–water partition coefficient (Wildman–Crippen LogP) is 3.21. The van der Waals surface area contributed by atoms with Gasteiger partial charge in [0.1, 0.15) is 6.61 Å². The Hall–Kier alpha value is -2.93. The summed E-state index contributed by atoms with van der Waals surface area (Å²) in [6, 6.07) is 15.4. The Morgan fingerprint density at radius 2 is 2.10 bits per heavy atom. The number of anilines is 1. The van der Waals surface area contributed by atoms with E-state index in [2.05, 4.69) is 6.07 Å². The highest BCUT2D eigenvalue weighted by Gasteiger charge is 2.12. The molecule has 0 aliphatic carbocycles. The number of benzene rings is 2. The number of fused-ring (bicyclic) bond motifs is 1. The van der Waals surface area contributed by atoms with Crippen LogP contribution in [0.25, 0.3) is 22.0 Å². The molecular formula is C17H15N3O. The largest absolute Gasteiger partial charge is 0.414 e. The van der Waals surface area contributed by atoms with Gasteiger partial charge in [0, 0.05) is 16.6 Å². The van der Waals surface area contributed by atoms with Crippen molar-refractivity contribution in [3.05, 3.63) is 54.2 Å². The molecular weight excluding hydrogens is 262 g/mol. The summed E-state index contributed by atoms with van der Waals surface area (Å²) in [5.41, 5.74) is 10.2. The highest BCUT2D eigenvalue weighted by molar-refractivity contribution is 5.97. The number of rotatable bonds is 3. The molecule has 104 valence electrons. The van der Waals surface area contributed by atoms with Gasteiger partial charge >= 0.3 is 0 Å². The molecule has 4 heteroatoms. The minimum Gasteiger partial charge on any atom is -0.414 e. The van der Waals surface area contributed by atoms with Gasteiger partial charge in [-0.1, -0.05) is 12.1 Å². The third-order valence-corrected chi connectivity index (χ3v) is 3.37. The SMILES string of the molecule is CCOn1cc(-c2cccc(N)c2)c2cc(C#N)ccc21. The number of aromatic nitrogens is 1. The Kier molecular flexibility index (Phi) is 3.25. The van der Waals surface area contributed by atoms with Crippen LogP contribution in [0.4, 0.5) is 5.69 Å². The van der Waals surface area contributed by atoms with Gasteiger partial charge in [-0.2, -0.15) is 9.99 Å². The van der Waals surface area contributed by atoms with E-state index < -0.39 is 0 Å². The molecule has 21 heavy (non-hydrogen) atoms. The normalized spacial score (nSPS) is 10.5. The molecule has 0 aliphatic rings. The zero-order valence-electron chi connectivity index (χ0n) is 11.7. The summed E-state index contributed by atoms with van der Waals surface area (Å²) >= 11 is 0. The monoisotopic (exact) mass is 277 g/mol. The summed E-state index contributed by atoms with van der Waals surface area (Å²) in [6.07, 6.45) is 1.93. The molecule has 2 aromatic carbocycles. The van der Waals surface area contributed by atoms with Crippen LogP contribution in [0.1, 0.15) is 12.5 Å². The summed E-state index contributed by atoms with van der Waals surface area (Å²) in [5, 5.41) is 10.1. The molecule has 0 amide bonds. The first kappa shape index (κ1) is 13.1. The number of nitrogens with zero attached hydrogens (tertiary/aromatic N) is 2. The molecule has 0 bridgehead atoms. The fourth-order valence-electron chi connectivity index (χ4n) is 2.45. The van der Waals surface area contributed by atoms with E-state index in [0.29, 0.717) is 17.9 Å². The molecule has 0 spiro atoms. The molecule has 0 fully saturated rings. The van der Waals surface area contributed by atoms with Crippen LogP contribution >= 0.6 is 0 Å². The van der Waals surface area contributed by atoms with Crippen molar-refractivity contribution in [1.82, 2.24) is 4.73 Å². The van der Waals surface area contributed by atoms with E-state index in [-0.39, 0.29) is 0 Å². The van der Waals surface area contributed by atoms with Gasteiger partial charge in [-0.25, -0.2) is 0 Å². The Labute approximate surface area is 122 Å². The topological polar surface area (TPSA) is 64.0 Å². The first-order valence-electron chi connectivity index (χ1n) is 6.77. The lowest BCUT2D eigenvalue weighted by atomic mass is 10.0. The predicted molar refractivity (Wildman–Crippen MR) is 83.6 cm³/mol. The second-order valence-electron chi connectivity index (χ2n) is 4.76. The van der Waals surface area contributed by atoms with Crippen molar-refractivity contribution >= 4 is 16.6 Å². The van der Waals surface area contributed by atoms with Crippen molar-refractivity contribution in [1.29, 1.82) is 5.26 Å². The molecule has 3 aromatic rings. The van der Waals surface area contributed by atoms with Gasteiger partial charge in [-0.05, 0) is 42.8 Å². The Bertz CT molecular complexity index is 843. The quantitative estimate of drug-likeness (QED) is 0.748. The maximum absolute atomic E-state index is 9.10. The van der Waals surface area contributed by atoms with E-state index >= 15 is 0 Å². The molecule has 3 rings (SSSR count). The smallest absolute Gasteiger partial charge is 0.112 e. The van der Waals surface area contributed by atoms with Crippen LogP contribution in [-0.2, 0) is 0 Å². The van der Waals surface area contributed by atoms with Gasteiger partial charge in [0.2, 0.25) is 0 Å². The fourth-order valence-corrected chi connectivity index (χ4v) is 2.45. The number of hydrogen-bond donors (Lipinski definition) is 1. The maximum Gasteiger partial charge on any atom is 0.112 e. The molecule has 0 radical (unpaired) electrons. The van der Waals surface area contributed by atoms with Crippen molar-refractivity contribution in [3.8, 4) is 17.2 Å². The summed E-state index contributed by atoms with van der Waals surface area (Å²) in [5.74, 6) is 0. The lowest BCUT2D eigenvalue weighted by Gasteiger charge is -2.04. The van der Waals surface area contributed by atoms with Gasteiger partial charge in [0.05, 0.1) is 23.3 Å². The van der Waals surface area contributed by atoms with Crippen molar-refractivity contribution in [2.24, 2.45) is 0 Å². The summed E-state index contributed by atoms with van der Waals surface area (Å²) in [6.45, 7) is 2.51. The van der Waals surface area contributed by atoms with Crippen molar-refractivity contribution in [2.45, 2.75) is 6.92 Å². The van der Waals surface area contributed by atoms with E-state index in [1.165, 1.54) is 0 Å². The Balaban J connectivity index is 2.28. The lowest BCUT2D eigenvalue weighted by Crippen LogP contribution is -2.08. The zero-order valence-corrected chi connectivity index (χ0v) is 11.7. The van der Waals surface area contributed by atoms with Crippen molar-refractivity contribution < 1.29 is 4.84 Å². The fraction of sp³-hybridized carbons (Fsp3) is 0.118. The molecule has 0 aliphatic heterocycles. The molecule has 2 N–H and O–H groups in total.